The summed E-state index contributed by atoms with van der Waals surface area (Å²) >= 11 is 0. The van der Waals surface area contributed by atoms with Gasteiger partial charge in [-0.15, -0.1) is 0 Å². The summed E-state index contributed by atoms with van der Waals surface area (Å²) in [7, 11) is 2.15. The van der Waals surface area contributed by atoms with Crippen molar-refractivity contribution in [1.82, 2.24) is 4.90 Å². The first-order valence-corrected chi connectivity index (χ1v) is 8.56. The summed E-state index contributed by atoms with van der Waals surface area (Å²) in [6.07, 6.45) is -5.51. The van der Waals surface area contributed by atoms with Crippen molar-refractivity contribution in [2.24, 2.45) is 0 Å². The summed E-state index contributed by atoms with van der Waals surface area (Å²) in [5.41, 5.74) is 0.613. The maximum absolute atomic E-state index is 12.9. The first-order valence-electron chi connectivity index (χ1n) is 7.41. The number of hydrogen-bond acceptors (Lipinski definition) is 3. The van der Waals surface area contributed by atoms with Crippen LogP contribution in [0, 0.1) is 11.8 Å². The lowest BCUT2D eigenvalue weighted by Crippen LogP contribution is -2.20. The van der Waals surface area contributed by atoms with Gasteiger partial charge in [-0.25, -0.2) is 0 Å². The Morgan fingerprint density at radius 3 is 2.58 bits per heavy atom. The number of halogens is 3. The fourth-order valence-corrected chi connectivity index (χ4v) is 4.01. The molecule has 0 spiro atoms. The van der Waals surface area contributed by atoms with Crippen molar-refractivity contribution >= 4 is 26.5 Å². The van der Waals surface area contributed by atoms with Crippen molar-refractivity contribution in [3.63, 3.8) is 0 Å². The first-order chi connectivity index (χ1) is 11.2. The van der Waals surface area contributed by atoms with Gasteiger partial charge in [0.1, 0.15) is 0 Å². The average molecular weight is 356 g/mol. The average Bonchev–Trinajstić information content (AvgIpc) is 2.72. The Labute approximate surface area is 142 Å². The van der Waals surface area contributed by atoms with Crippen LogP contribution in [0.15, 0.2) is 18.2 Å². The number of nitrogens with one attached hydrogen (secondary N) is 1. The van der Waals surface area contributed by atoms with E-state index in [1.807, 2.05) is 19.0 Å². The predicted molar refractivity (Wildman–Crippen MR) is 92.0 cm³/mol. The normalized spacial score (nSPS) is 12.4. The van der Waals surface area contributed by atoms with Crippen LogP contribution in [0.5, 0.6) is 0 Å². The van der Waals surface area contributed by atoms with Crippen LogP contribution < -0.4 is 5.32 Å². The number of fused-ring (bicyclic) bond motifs is 1. The number of hydrogen-bond donors (Lipinski definition) is 1. The summed E-state index contributed by atoms with van der Waals surface area (Å²) < 4.78 is 51.9. The summed E-state index contributed by atoms with van der Waals surface area (Å²) in [6.45, 7) is 2.87. The fraction of sp³-hybridized carbons (Fsp3) is 0.412. The molecule has 0 bridgehead atoms. The van der Waals surface area contributed by atoms with E-state index in [-0.39, 0.29) is 10.4 Å². The Hall–Kier alpha value is -1.75. The van der Waals surface area contributed by atoms with Crippen LogP contribution in [-0.2, 0) is 6.42 Å². The maximum atomic E-state index is 12.9. The standard InChI is InChI=1S/C17H19F3N2OS/c1-4-6-15-13(11-17(18,19)20)12-7-5-8-14(16(12)24(15)23)21-9-10-22(2)3/h5,7-8,21H,9-11H2,1-3H3. The smallest absolute Gasteiger partial charge is 0.393 e. The molecule has 130 valence electrons. The Morgan fingerprint density at radius 2 is 2.00 bits per heavy atom. The molecule has 3 nitrogen and oxygen atoms in total. The molecule has 1 atom stereocenters. The zero-order valence-electron chi connectivity index (χ0n) is 13.8. The molecule has 2 rings (SSSR count). The van der Waals surface area contributed by atoms with E-state index < -0.39 is 23.3 Å². The molecule has 0 radical (unpaired) electrons. The van der Waals surface area contributed by atoms with Crippen LogP contribution >= 0.6 is 10.8 Å². The van der Waals surface area contributed by atoms with Gasteiger partial charge in [-0.1, -0.05) is 12.0 Å². The quantitative estimate of drug-likeness (QED) is 0.650. The van der Waals surface area contributed by atoms with Gasteiger partial charge in [0.05, 0.1) is 12.1 Å². The van der Waals surface area contributed by atoms with Crippen molar-refractivity contribution in [2.75, 3.05) is 32.5 Å². The molecule has 7 heteroatoms. The third-order valence-electron chi connectivity index (χ3n) is 3.48. The van der Waals surface area contributed by atoms with Crippen LogP contribution in [-0.4, -0.2) is 42.8 Å². The van der Waals surface area contributed by atoms with Gasteiger partial charge >= 0.3 is 6.18 Å². The van der Waals surface area contributed by atoms with E-state index in [0.717, 1.165) is 6.54 Å². The van der Waals surface area contributed by atoms with E-state index in [1.54, 1.807) is 18.2 Å². The van der Waals surface area contributed by atoms with Gasteiger partial charge in [-0.05, 0) is 49.8 Å². The molecule has 0 aliphatic heterocycles. The van der Waals surface area contributed by atoms with E-state index in [1.165, 1.54) is 6.92 Å². The van der Waals surface area contributed by atoms with Crippen molar-refractivity contribution in [3.05, 3.63) is 28.6 Å². The van der Waals surface area contributed by atoms with Crippen molar-refractivity contribution in [2.45, 2.75) is 19.5 Å². The van der Waals surface area contributed by atoms with Gasteiger partial charge in [-0.2, -0.15) is 13.2 Å². The highest BCUT2D eigenvalue weighted by Gasteiger charge is 2.34. The lowest BCUT2D eigenvalue weighted by atomic mass is 10.1. The van der Waals surface area contributed by atoms with E-state index in [9.17, 15) is 17.7 Å². The number of alkyl halides is 3. The minimum Gasteiger partial charge on any atom is -0.589 e. The third-order valence-corrected chi connectivity index (χ3v) is 5.01. The summed E-state index contributed by atoms with van der Waals surface area (Å²) in [4.78, 5) is 2.04. The zero-order chi connectivity index (χ0) is 17.9. The maximum Gasteiger partial charge on any atom is 0.393 e. The predicted octanol–water partition coefficient (Wildman–Crippen LogP) is 4.02. The lowest BCUT2D eigenvalue weighted by molar-refractivity contribution is -0.126. The van der Waals surface area contributed by atoms with Crippen molar-refractivity contribution in [3.8, 4) is 11.8 Å². The second kappa shape index (κ2) is 7.43. The van der Waals surface area contributed by atoms with Crippen LogP contribution in [0.3, 0.4) is 0 Å². The van der Waals surface area contributed by atoms with Gasteiger partial charge in [0.2, 0.25) is 9.58 Å². The lowest BCUT2D eigenvalue weighted by Gasteiger charge is -2.11. The molecule has 1 unspecified atom stereocenters. The van der Waals surface area contributed by atoms with Crippen LogP contribution in [0.4, 0.5) is 18.9 Å². The van der Waals surface area contributed by atoms with Crippen molar-refractivity contribution in [1.29, 1.82) is 0 Å². The van der Waals surface area contributed by atoms with Gasteiger partial charge < -0.3 is 14.8 Å². The van der Waals surface area contributed by atoms with E-state index in [2.05, 4.69) is 17.2 Å². The number of benzene rings is 1. The number of rotatable bonds is 5. The van der Waals surface area contributed by atoms with Gasteiger partial charge in [0, 0.05) is 24.0 Å². The van der Waals surface area contributed by atoms with Crippen molar-refractivity contribution < 1.29 is 17.7 Å². The molecule has 0 fully saturated rings. The number of thiophene rings is 1. The van der Waals surface area contributed by atoms with Crippen LogP contribution in [0.2, 0.25) is 0 Å². The van der Waals surface area contributed by atoms with E-state index in [0.29, 0.717) is 22.3 Å². The molecule has 0 aliphatic rings. The molecule has 1 aromatic carbocycles. The second-order valence-electron chi connectivity index (χ2n) is 5.66. The molecule has 0 saturated heterocycles. The minimum absolute atomic E-state index is 0.0152. The highest BCUT2D eigenvalue weighted by Crippen LogP contribution is 2.43. The second-order valence-corrected chi connectivity index (χ2v) is 7.01. The molecule has 1 N–H and O–H groups in total. The Kier molecular flexibility index (Phi) is 5.75. The van der Waals surface area contributed by atoms with E-state index in [4.69, 9.17) is 0 Å². The van der Waals surface area contributed by atoms with Gasteiger partial charge in [-0.3, -0.25) is 0 Å². The molecule has 0 saturated carbocycles. The highest BCUT2D eigenvalue weighted by atomic mass is 32.2. The SMILES string of the molecule is CC#Cc1c(CC(F)(F)F)c2cccc(NCCN(C)C)c2[s+]1[O-]. The molecular weight excluding hydrogens is 337 g/mol. The molecule has 1 heterocycles. The van der Waals surface area contributed by atoms with Crippen LogP contribution in [0.25, 0.3) is 10.1 Å². The molecule has 0 amide bonds. The topological polar surface area (TPSA) is 38.3 Å². The van der Waals surface area contributed by atoms with Gasteiger partial charge in [0.15, 0.2) is 0 Å². The number of nitrogens with zero attached hydrogens (tertiary/aromatic N) is 1. The van der Waals surface area contributed by atoms with Crippen LogP contribution in [0.1, 0.15) is 17.4 Å². The summed E-state index contributed by atoms with van der Waals surface area (Å²) in [5, 5.41) is 3.54. The van der Waals surface area contributed by atoms with Gasteiger partial charge in [0.25, 0.3) is 0 Å². The number of likely N-dealkylation sites (N-methyl/N-ethyl adjacent to an activating group) is 1. The van der Waals surface area contributed by atoms with E-state index >= 15 is 0 Å². The minimum atomic E-state index is -4.38. The molecular formula is C17H19F3N2OS. The Morgan fingerprint density at radius 1 is 1.29 bits per heavy atom. The molecule has 24 heavy (non-hydrogen) atoms. The first kappa shape index (κ1) is 18.6. The largest absolute Gasteiger partial charge is 0.589 e. The molecule has 2 aromatic rings. The number of anilines is 1. The highest BCUT2D eigenvalue weighted by molar-refractivity contribution is 7.32. The Balaban J connectivity index is 2.56. The Bertz CT molecular complexity index is 785. The molecule has 0 aliphatic carbocycles. The summed E-state index contributed by atoms with van der Waals surface area (Å²) in [5.74, 6) is 5.18. The summed E-state index contributed by atoms with van der Waals surface area (Å²) in [6, 6.07) is 4.99. The third kappa shape index (κ3) is 4.20. The fourth-order valence-electron chi connectivity index (χ4n) is 2.48. The zero-order valence-corrected chi connectivity index (χ0v) is 14.6. The molecule has 1 aromatic heterocycles. The monoisotopic (exact) mass is 356 g/mol.